The van der Waals surface area contributed by atoms with E-state index < -0.39 is 17.8 Å². The molecular formula is C69H54F4N18O12. The van der Waals surface area contributed by atoms with Gasteiger partial charge in [0, 0.05) is 0 Å². The number of carbonyl (C=O) groups is 3. The van der Waals surface area contributed by atoms with Gasteiger partial charge in [0.25, 0.3) is 35.4 Å². The molecule has 2 amide bonds. The molecule has 0 bridgehead atoms. The number of methoxy groups -OCH3 is 3. The van der Waals surface area contributed by atoms with E-state index in [0.717, 1.165) is 22.3 Å². The van der Waals surface area contributed by atoms with Crippen LogP contribution in [0.15, 0.2) is 163 Å². The van der Waals surface area contributed by atoms with Crippen molar-refractivity contribution in [2.75, 3.05) is 32.8 Å². The van der Waals surface area contributed by atoms with Crippen molar-refractivity contribution in [2.24, 2.45) is 11.5 Å². The van der Waals surface area contributed by atoms with Gasteiger partial charge in [0.15, 0.2) is 34.6 Å². The lowest BCUT2D eigenvalue weighted by Gasteiger charge is -2.10. The Kier molecular flexibility index (Phi) is 19.8. The smallest absolute Gasteiger partial charge is 0.371 e. The molecule has 34 heteroatoms. The van der Waals surface area contributed by atoms with Crippen molar-refractivity contribution < 1.29 is 74.0 Å². The average Bonchev–Trinajstić information content (AvgIpc) is 1.10. The van der Waals surface area contributed by atoms with Crippen LogP contribution in [0.25, 0.3) is 78.9 Å². The van der Waals surface area contributed by atoms with E-state index in [2.05, 4.69) is 70.7 Å². The van der Waals surface area contributed by atoms with E-state index in [0.29, 0.717) is 122 Å². The Morgan fingerprint density at radius 3 is 1.03 bits per heavy atom. The largest absolute Gasteiger partial charge is 0.505 e. The Morgan fingerprint density at radius 1 is 0.398 bits per heavy atom. The lowest BCUT2D eigenvalue weighted by molar-refractivity contribution is 0.0684. The number of rotatable bonds is 18. The van der Waals surface area contributed by atoms with Gasteiger partial charge in [0.2, 0.25) is 29.4 Å². The van der Waals surface area contributed by atoms with Crippen LogP contribution in [0.3, 0.4) is 0 Å². The number of H-pyrrole nitrogens is 3. The molecule has 0 saturated heterocycles. The van der Waals surface area contributed by atoms with E-state index in [1.165, 1.54) is 69.9 Å². The average molecular weight is 1400 g/mol. The number of phenols is 1. The van der Waals surface area contributed by atoms with Crippen LogP contribution in [-0.4, -0.2) is 120 Å². The first kappa shape index (κ1) is 68.6. The zero-order valence-electron chi connectivity index (χ0n) is 53.9. The fourth-order valence-corrected chi connectivity index (χ4v) is 10.3. The molecule has 7 heterocycles. The maximum atomic E-state index is 13.0. The second kappa shape index (κ2) is 29.8. The molecule has 0 aliphatic heterocycles. The van der Waals surface area contributed by atoms with Gasteiger partial charge in [0.05, 0.1) is 97.2 Å². The molecule has 7 aromatic heterocycles. The first-order valence-electron chi connectivity index (χ1n) is 30.4. The van der Waals surface area contributed by atoms with Gasteiger partial charge in [-0.15, -0.1) is 40.8 Å². The zero-order valence-corrected chi connectivity index (χ0v) is 53.9. The number of halogens is 4. The first-order chi connectivity index (χ1) is 49.7. The fraction of sp³-hybridized carbons (Fsp3) is 0.101. The first-order valence-corrected chi connectivity index (χ1v) is 30.4. The standard InChI is InChI=1S/C18H14FN5O3.C18H13FN4O4.C17H12FN5O3.C16H15FN4O2/c1-26-15-11(6-7-12-14(15)22-17(21-12)16(20)25)18-24-23-13(27-18)8-9-2-4-10(19)5-3-9;1-26-15-11(6-7-12-14(15)21-16(20-12)18(24)25)17-23-22-13(27-17)8-9-2-4-10(19)5-3-9;18-9-3-1-8(2-4-9)7-12-22-23-17(26-12)10-5-6-11-13(14(10)24)21-16(20-11)15(19)25;1-22-15-11(6-7-12(18)14(15)19)16-21-20-13(23-16)8-9-2-4-10(17)5-3-9/h2-7H,8H2,1H3,(H2,20,25)(H,21,22);2-7H,8H2,1H3,(H,20,21)(H,24,25);1-6,24H,7H2,(H2,19,25)(H,20,21);2-7H,8,18-19H2,1H3. The molecule has 0 atom stereocenters. The lowest BCUT2D eigenvalue weighted by atomic mass is 10.1. The number of hydrogen-bond acceptors (Lipinski definition) is 24. The molecule has 103 heavy (non-hydrogen) atoms. The fourth-order valence-electron chi connectivity index (χ4n) is 10.3. The van der Waals surface area contributed by atoms with Gasteiger partial charge in [-0.2, -0.15) is 0 Å². The number of carboxylic acid groups (broad SMARTS) is 1. The van der Waals surface area contributed by atoms with Crippen LogP contribution in [0.4, 0.5) is 28.9 Å². The number of nitrogen functional groups attached to an aromatic ring is 2. The number of hydrogen-bond donors (Lipinski definition) is 9. The van der Waals surface area contributed by atoms with E-state index in [1.54, 1.807) is 97.1 Å². The third-order valence-corrected chi connectivity index (χ3v) is 15.2. The maximum Gasteiger partial charge on any atom is 0.371 e. The molecule has 0 unspecified atom stereocenters. The third kappa shape index (κ3) is 15.5. The number of primary amides is 2. The SMILES string of the molecule is COc1c(-c2nnc(Cc3ccc(F)cc3)o2)ccc(N)c1N.COc1c(-c2nnc(Cc3ccc(F)cc3)o2)ccc2[nH]c(C(=O)O)nc12.COc1c(-c2nnc(Cc3ccc(F)cc3)o2)ccc2[nH]c(C(N)=O)nc12.NC(=O)c1nc2c(O)c(-c3nnc(Cc4ccc(F)cc4)o3)ccc2[nH]1. The van der Waals surface area contributed by atoms with Crippen molar-refractivity contribution >= 4 is 62.3 Å². The number of ether oxygens (including phenoxy) is 3. The minimum Gasteiger partial charge on any atom is -0.505 e. The van der Waals surface area contributed by atoms with Crippen LogP contribution in [0, 0.1) is 23.3 Å². The van der Waals surface area contributed by atoms with Crippen molar-refractivity contribution in [3.63, 3.8) is 0 Å². The second-order valence-corrected chi connectivity index (χ2v) is 22.1. The van der Waals surface area contributed by atoms with E-state index in [1.807, 2.05) is 0 Å². The normalized spacial score (nSPS) is 11.0. The number of nitrogens with one attached hydrogen (secondary N) is 3. The van der Waals surface area contributed by atoms with Crippen molar-refractivity contribution in [1.29, 1.82) is 0 Å². The Balaban J connectivity index is 0.000000130. The van der Waals surface area contributed by atoms with Crippen LogP contribution in [0.1, 0.15) is 77.7 Å². The number of phenolic OH excluding ortho intramolecular Hbond substituents is 1. The number of carboxylic acids is 1. The van der Waals surface area contributed by atoms with Gasteiger partial charge in [0.1, 0.15) is 39.8 Å². The number of imidazole rings is 3. The predicted molar refractivity (Wildman–Crippen MR) is 359 cm³/mol. The van der Waals surface area contributed by atoms with Crippen LogP contribution in [-0.2, 0) is 25.7 Å². The summed E-state index contributed by atoms with van der Waals surface area (Å²) in [6.07, 6.45) is 1.44. The number of aromatic carboxylic acids is 1. The minimum absolute atomic E-state index is 0.0305. The van der Waals surface area contributed by atoms with E-state index in [-0.39, 0.29) is 81.1 Å². The van der Waals surface area contributed by atoms with Gasteiger partial charge in [-0.05, 0) is 119 Å². The topological polar surface area (TPSA) is 465 Å². The number of anilines is 2. The number of nitrogens with zero attached hydrogens (tertiary/aromatic N) is 11. The number of carbonyl (C=O) groups excluding carboxylic acids is 2. The van der Waals surface area contributed by atoms with Crippen LogP contribution in [0.2, 0.25) is 0 Å². The summed E-state index contributed by atoms with van der Waals surface area (Å²) in [7, 11) is 4.42. The van der Waals surface area contributed by atoms with Gasteiger partial charge < -0.3 is 80.0 Å². The van der Waals surface area contributed by atoms with Crippen LogP contribution >= 0.6 is 0 Å². The van der Waals surface area contributed by atoms with Crippen molar-refractivity contribution in [3.05, 3.63) is 232 Å². The molecular weight excluding hydrogens is 1350 g/mol. The van der Waals surface area contributed by atoms with Crippen LogP contribution < -0.4 is 37.1 Å². The minimum atomic E-state index is -1.17. The Morgan fingerprint density at radius 2 is 0.689 bits per heavy atom. The molecule has 30 nitrogen and oxygen atoms in total. The van der Waals surface area contributed by atoms with Gasteiger partial charge >= 0.3 is 5.97 Å². The summed E-state index contributed by atoms with van der Waals surface area (Å²) in [5.74, 6) is -0.858. The molecule has 0 radical (unpaired) electrons. The molecule has 0 aliphatic carbocycles. The molecule has 0 aliphatic rings. The number of amides is 2. The molecule has 13 N–H and O–H groups in total. The van der Waals surface area contributed by atoms with E-state index in [4.69, 9.17) is 59.9 Å². The highest BCUT2D eigenvalue weighted by atomic mass is 19.1. The number of nitrogens with two attached hydrogens (primary N) is 4. The van der Waals surface area contributed by atoms with Crippen molar-refractivity contribution in [1.82, 2.24) is 70.7 Å². The van der Waals surface area contributed by atoms with Gasteiger partial charge in [-0.3, -0.25) is 9.59 Å². The Hall–Kier alpha value is -14.3. The maximum absolute atomic E-state index is 13.0. The number of aromatic nitrogens is 14. The van der Waals surface area contributed by atoms with Crippen LogP contribution in [0.5, 0.6) is 23.0 Å². The highest BCUT2D eigenvalue weighted by molar-refractivity contribution is 5.98. The second-order valence-electron chi connectivity index (χ2n) is 22.1. The summed E-state index contributed by atoms with van der Waals surface area (Å²) in [4.78, 5) is 54.1. The molecule has 520 valence electrons. The summed E-state index contributed by atoms with van der Waals surface area (Å²) in [5, 5.41) is 51.5. The zero-order chi connectivity index (χ0) is 72.6. The molecule has 0 spiro atoms. The summed E-state index contributed by atoms with van der Waals surface area (Å²) in [6, 6.07) is 37.4. The highest BCUT2D eigenvalue weighted by Crippen LogP contribution is 2.40. The number of benzene rings is 8. The molecule has 15 rings (SSSR count). The molecule has 15 aromatic rings. The summed E-state index contributed by atoms with van der Waals surface area (Å²) in [6.45, 7) is 0. The Bertz CT molecular complexity index is 5400. The summed E-state index contributed by atoms with van der Waals surface area (Å²) in [5.41, 5.74) is 30.6. The summed E-state index contributed by atoms with van der Waals surface area (Å²) >= 11 is 0. The molecule has 8 aromatic carbocycles. The van der Waals surface area contributed by atoms with E-state index >= 15 is 0 Å². The molecule has 0 saturated carbocycles. The van der Waals surface area contributed by atoms with Gasteiger partial charge in [-0.25, -0.2) is 37.3 Å². The van der Waals surface area contributed by atoms with Gasteiger partial charge in [-0.1, -0.05) is 48.5 Å². The lowest BCUT2D eigenvalue weighted by Crippen LogP contribution is -2.12. The Labute approximate surface area is 575 Å². The van der Waals surface area contributed by atoms with Crippen molar-refractivity contribution in [3.8, 4) is 68.8 Å². The number of aromatic hydroxyl groups is 1. The predicted octanol–water partition coefficient (Wildman–Crippen LogP) is 10.3. The highest BCUT2D eigenvalue weighted by Gasteiger charge is 2.25. The third-order valence-electron chi connectivity index (χ3n) is 15.2. The monoisotopic (exact) mass is 1400 g/mol. The molecule has 0 fully saturated rings. The quantitative estimate of drug-likeness (QED) is 0.0285. The summed E-state index contributed by atoms with van der Waals surface area (Å²) < 4.78 is 90.7. The number of aromatic amines is 3. The number of fused-ring (bicyclic) bond motifs is 3. The van der Waals surface area contributed by atoms with Crippen molar-refractivity contribution in [2.45, 2.75) is 25.7 Å². The van der Waals surface area contributed by atoms with E-state index in [9.17, 15) is 37.1 Å².